The number of aromatic nitrogens is 3. The van der Waals surface area contributed by atoms with E-state index in [2.05, 4.69) is 15.0 Å². The van der Waals surface area contributed by atoms with Gasteiger partial charge in [-0.1, -0.05) is 0 Å². The molecule has 1 heterocycles. The average molecular weight is 303 g/mol. The van der Waals surface area contributed by atoms with Crippen molar-refractivity contribution in [1.82, 2.24) is 15.0 Å². The molecule has 0 aliphatic rings. The second kappa shape index (κ2) is 4.94. The molecule has 0 spiro atoms. The second-order valence-corrected chi connectivity index (χ2v) is 3.80. The molecule has 1 aromatic heterocycles. The van der Waals surface area contributed by atoms with E-state index in [1.165, 1.54) is 6.07 Å². The van der Waals surface area contributed by atoms with Crippen molar-refractivity contribution < 1.29 is 28.5 Å². The fraction of sp³-hybridized carbons (Fsp3) is 0.100. The summed E-state index contributed by atoms with van der Waals surface area (Å²) in [5.41, 5.74) is 0.0415. The molecule has 21 heavy (non-hydrogen) atoms. The first-order chi connectivity index (χ1) is 9.68. The van der Waals surface area contributed by atoms with Gasteiger partial charge in [0.25, 0.3) is 5.95 Å². The Morgan fingerprint density at radius 1 is 1.00 bits per heavy atom. The van der Waals surface area contributed by atoms with E-state index in [1.54, 1.807) is 0 Å². The van der Waals surface area contributed by atoms with Gasteiger partial charge in [0.2, 0.25) is 0 Å². The Labute approximate surface area is 114 Å². The van der Waals surface area contributed by atoms with Gasteiger partial charge in [0.1, 0.15) is 0 Å². The zero-order valence-corrected chi connectivity index (χ0v) is 10.1. The van der Waals surface area contributed by atoms with Crippen LogP contribution in [0.1, 0.15) is 0 Å². The molecular weight excluding hydrogens is 295 g/mol. The molecule has 2 rings (SSSR count). The summed E-state index contributed by atoms with van der Waals surface area (Å²) in [7, 11) is 0. The standard InChI is InChI=1S/C10H8F3N5O3/c11-10(12,13)18(14)8-15-7(16-9(21)17-8)4-1-2-5(19)6(20)3-4/h1-3,19-20H,14H2,(H,15,16,17,21). The maximum Gasteiger partial charge on any atom is 0.501 e. The van der Waals surface area contributed by atoms with Gasteiger partial charge in [0, 0.05) is 5.56 Å². The molecular formula is C10H8F3N5O3. The molecule has 2 aromatic rings. The van der Waals surface area contributed by atoms with Gasteiger partial charge < -0.3 is 15.3 Å². The van der Waals surface area contributed by atoms with E-state index in [1.807, 2.05) is 0 Å². The van der Waals surface area contributed by atoms with E-state index in [9.17, 15) is 23.4 Å². The molecule has 0 radical (unpaired) electrons. The number of rotatable bonds is 2. The lowest BCUT2D eigenvalue weighted by Crippen LogP contribution is -2.45. The SMILES string of the molecule is NN(c1nc(O)nc(-c2ccc(O)c(O)c2)n1)C(F)(F)F. The van der Waals surface area contributed by atoms with E-state index < -0.39 is 34.8 Å². The first kappa shape index (κ1) is 14.6. The molecule has 1 aromatic carbocycles. The highest BCUT2D eigenvalue weighted by Crippen LogP contribution is 2.30. The minimum atomic E-state index is -4.96. The number of aromatic hydroxyl groups is 3. The molecule has 0 saturated heterocycles. The number of benzene rings is 1. The van der Waals surface area contributed by atoms with Gasteiger partial charge in [-0.05, 0) is 18.2 Å². The van der Waals surface area contributed by atoms with Gasteiger partial charge in [0.15, 0.2) is 17.3 Å². The summed E-state index contributed by atoms with van der Waals surface area (Å²) in [5, 5.41) is 27.1. The Morgan fingerprint density at radius 2 is 1.67 bits per heavy atom. The molecule has 0 unspecified atom stereocenters. The number of nitrogens with zero attached hydrogens (tertiary/aromatic N) is 4. The fourth-order valence-electron chi connectivity index (χ4n) is 1.37. The molecule has 112 valence electrons. The molecule has 0 aliphatic carbocycles. The molecule has 11 heteroatoms. The topological polar surface area (TPSA) is 129 Å². The normalized spacial score (nSPS) is 11.4. The van der Waals surface area contributed by atoms with Gasteiger partial charge in [-0.15, -0.1) is 13.2 Å². The number of hydrogen-bond acceptors (Lipinski definition) is 8. The molecule has 0 fully saturated rings. The number of nitrogens with two attached hydrogens (primary N) is 1. The largest absolute Gasteiger partial charge is 0.504 e. The van der Waals surface area contributed by atoms with Crippen LogP contribution in [-0.2, 0) is 0 Å². The van der Waals surface area contributed by atoms with Crippen molar-refractivity contribution in [3.63, 3.8) is 0 Å². The minimum absolute atomic E-state index is 0.0415. The highest BCUT2D eigenvalue weighted by molar-refractivity contribution is 5.61. The van der Waals surface area contributed by atoms with E-state index in [0.29, 0.717) is 0 Å². The van der Waals surface area contributed by atoms with Crippen LogP contribution >= 0.6 is 0 Å². The van der Waals surface area contributed by atoms with Crippen LogP contribution in [0.2, 0.25) is 0 Å². The summed E-state index contributed by atoms with van der Waals surface area (Å²) in [4.78, 5) is 9.95. The fourth-order valence-corrected chi connectivity index (χ4v) is 1.37. The van der Waals surface area contributed by atoms with E-state index in [-0.39, 0.29) is 11.4 Å². The number of alkyl halides is 3. The Morgan fingerprint density at radius 3 is 2.24 bits per heavy atom. The van der Waals surface area contributed by atoms with Crippen molar-refractivity contribution in [1.29, 1.82) is 0 Å². The maximum atomic E-state index is 12.5. The molecule has 0 amide bonds. The molecule has 0 aliphatic heterocycles. The van der Waals surface area contributed by atoms with Crippen LogP contribution in [-0.4, -0.2) is 36.6 Å². The quantitative estimate of drug-likeness (QED) is 0.278. The number of phenolic OH excluding ortho intramolecular Hbond substituents is 2. The van der Waals surface area contributed by atoms with Gasteiger partial charge in [-0.3, -0.25) is 0 Å². The van der Waals surface area contributed by atoms with Crippen LogP contribution in [0.3, 0.4) is 0 Å². The van der Waals surface area contributed by atoms with Crippen molar-refractivity contribution in [3.8, 4) is 28.9 Å². The summed E-state index contributed by atoms with van der Waals surface area (Å²) in [6.45, 7) is 0. The van der Waals surface area contributed by atoms with Crippen LogP contribution in [0.4, 0.5) is 19.1 Å². The van der Waals surface area contributed by atoms with Crippen LogP contribution < -0.4 is 10.9 Å². The number of hydrazine groups is 1. The Bertz CT molecular complexity index is 679. The van der Waals surface area contributed by atoms with E-state index >= 15 is 0 Å². The molecule has 0 saturated carbocycles. The Hall–Kier alpha value is -2.82. The third-order valence-corrected chi connectivity index (χ3v) is 2.33. The van der Waals surface area contributed by atoms with Gasteiger partial charge >= 0.3 is 12.3 Å². The summed E-state index contributed by atoms with van der Waals surface area (Å²) >= 11 is 0. The molecule has 8 nitrogen and oxygen atoms in total. The van der Waals surface area contributed by atoms with Crippen molar-refractivity contribution in [2.75, 3.05) is 5.01 Å². The second-order valence-electron chi connectivity index (χ2n) is 3.80. The van der Waals surface area contributed by atoms with Crippen LogP contribution in [0, 0.1) is 0 Å². The summed E-state index contributed by atoms with van der Waals surface area (Å²) in [6, 6.07) is 2.32. The van der Waals surface area contributed by atoms with Crippen LogP contribution in [0.15, 0.2) is 18.2 Å². The average Bonchev–Trinajstić information content (AvgIpc) is 2.39. The van der Waals surface area contributed by atoms with Crippen molar-refractivity contribution in [3.05, 3.63) is 18.2 Å². The van der Waals surface area contributed by atoms with Crippen LogP contribution in [0.25, 0.3) is 11.4 Å². The predicted molar refractivity (Wildman–Crippen MR) is 63.0 cm³/mol. The number of anilines is 1. The first-order valence-corrected chi connectivity index (χ1v) is 5.27. The zero-order valence-electron chi connectivity index (χ0n) is 10.1. The maximum absolute atomic E-state index is 12.5. The third kappa shape index (κ3) is 3.02. The lowest BCUT2D eigenvalue weighted by Gasteiger charge is -2.19. The van der Waals surface area contributed by atoms with Crippen molar-refractivity contribution in [2.45, 2.75) is 6.30 Å². The zero-order chi connectivity index (χ0) is 15.8. The van der Waals surface area contributed by atoms with Crippen molar-refractivity contribution in [2.24, 2.45) is 5.84 Å². The Kier molecular flexibility index (Phi) is 3.43. The molecule has 0 atom stereocenters. The lowest BCUT2D eigenvalue weighted by molar-refractivity contribution is -0.130. The lowest BCUT2D eigenvalue weighted by atomic mass is 10.2. The van der Waals surface area contributed by atoms with Gasteiger partial charge in [-0.2, -0.15) is 20.0 Å². The molecule has 5 N–H and O–H groups in total. The Balaban J connectivity index is 2.50. The van der Waals surface area contributed by atoms with Gasteiger partial charge in [-0.25, -0.2) is 5.84 Å². The van der Waals surface area contributed by atoms with Crippen LogP contribution in [0.5, 0.6) is 17.5 Å². The summed E-state index contributed by atoms with van der Waals surface area (Å²) < 4.78 is 37.4. The highest BCUT2D eigenvalue weighted by atomic mass is 19.4. The highest BCUT2D eigenvalue weighted by Gasteiger charge is 2.38. The van der Waals surface area contributed by atoms with E-state index in [4.69, 9.17) is 10.9 Å². The van der Waals surface area contributed by atoms with Gasteiger partial charge in [0.05, 0.1) is 0 Å². The monoisotopic (exact) mass is 303 g/mol. The van der Waals surface area contributed by atoms with Crippen molar-refractivity contribution >= 4 is 5.95 Å². The summed E-state index contributed by atoms with van der Waals surface area (Å²) in [5.74, 6) is 2.43. The predicted octanol–water partition coefficient (Wildman–Crippen LogP) is 0.855. The number of halogens is 3. The number of phenols is 2. The van der Waals surface area contributed by atoms with E-state index in [0.717, 1.165) is 12.1 Å². The molecule has 0 bridgehead atoms. The summed E-state index contributed by atoms with van der Waals surface area (Å²) in [6.07, 6.45) is -4.96. The third-order valence-electron chi connectivity index (χ3n) is 2.33. The minimum Gasteiger partial charge on any atom is -0.504 e. The first-order valence-electron chi connectivity index (χ1n) is 5.27. The smallest absolute Gasteiger partial charge is 0.501 e. The number of hydrogen-bond donors (Lipinski definition) is 4.